The van der Waals surface area contributed by atoms with Gasteiger partial charge in [-0.25, -0.2) is 9.78 Å². The van der Waals surface area contributed by atoms with E-state index in [2.05, 4.69) is 32.5 Å². The molecule has 2 N–H and O–H groups in total. The fraction of sp³-hybridized carbons (Fsp3) is 0.346. The van der Waals surface area contributed by atoms with E-state index in [1.165, 1.54) is 21.1 Å². The first-order valence-electron chi connectivity index (χ1n) is 12.2. The van der Waals surface area contributed by atoms with Crippen LogP contribution in [0.3, 0.4) is 0 Å². The van der Waals surface area contributed by atoms with Crippen LogP contribution in [0.15, 0.2) is 66.0 Å². The summed E-state index contributed by atoms with van der Waals surface area (Å²) in [5, 5.41) is 5.73. The molecule has 0 radical (unpaired) electrons. The molecule has 0 unspecified atom stereocenters. The summed E-state index contributed by atoms with van der Waals surface area (Å²) in [5.74, 6) is 1.77. The highest BCUT2D eigenvalue weighted by Crippen LogP contribution is 2.27. The SMILES string of the molecule is COC1=C(Oc2ccnc(NC(=O)c3ccc(CN4CCN(C)CC4)s3)c2)CCNC(=O)N2C=CC2=C1. The first kappa shape index (κ1) is 25.0. The maximum Gasteiger partial charge on any atom is 0.326 e. The van der Waals surface area contributed by atoms with Gasteiger partial charge in [-0.15, -0.1) is 11.3 Å². The van der Waals surface area contributed by atoms with Gasteiger partial charge in [-0.3, -0.25) is 14.6 Å². The van der Waals surface area contributed by atoms with Crippen molar-refractivity contribution in [1.29, 1.82) is 0 Å². The lowest BCUT2D eigenvalue weighted by molar-refractivity contribution is 0.103. The molecule has 10 nitrogen and oxygen atoms in total. The molecule has 0 aromatic carbocycles. The zero-order valence-corrected chi connectivity index (χ0v) is 21.7. The molecule has 3 aliphatic rings. The van der Waals surface area contributed by atoms with E-state index in [-0.39, 0.29) is 11.9 Å². The first-order valence-corrected chi connectivity index (χ1v) is 13.0. The number of nitrogens with one attached hydrogen (secondary N) is 2. The van der Waals surface area contributed by atoms with Gasteiger partial charge < -0.3 is 25.0 Å². The van der Waals surface area contributed by atoms with E-state index >= 15 is 0 Å². The highest BCUT2D eigenvalue weighted by atomic mass is 32.1. The summed E-state index contributed by atoms with van der Waals surface area (Å²) < 4.78 is 11.7. The number of fused-ring (bicyclic) bond motifs is 1. The van der Waals surface area contributed by atoms with Gasteiger partial charge in [0.05, 0.1) is 17.7 Å². The number of amides is 3. The van der Waals surface area contributed by atoms with E-state index in [1.54, 1.807) is 37.7 Å². The summed E-state index contributed by atoms with van der Waals surface area (Å²) in [6, 6.07) is 7.07. The van der Waals surface area contributed by atoms with Crippen molar-refractivity contribution in [2.45, 2.75) is 13.0 Å². The second-order valence-corrected chi connectivity index (χ2v) is 10.2. The molecule has 0 saturated carbocycles. The lowest BCUT2D eigenvalue weighted by atomic mass is 10.2. The maximum absolute atomic E-state index is 12.9. The van der Waals surface area contributed by atoms with E-state index in [0.29, 0.717) is 46.6 Å². The zero-order chi connectivity index (χ0) is 25.8. The third-order valence-corrected chi connectivity index (χ3v) is 7.44. The van der Waals surface area contributed by atoms with Crippen molar-refractivity contribution >= 4 is 29.1 Å². The average molecular weight is 523 g/mol. The molecule has 2 aromatic rings. The zero-order valence-electron chi connectivity index (χ0n) is 20.9. The molecule has 0 spiro atoms. The van der Waals surface area contributed by atoms with Crippen LogP contribution in [0.25, 0.3) is 0 Å². The van der Waals surface area contributed by atoms with Crippen LogP contribution in [0.4, 0.5) is 10.6 Å². The third kappa shape index (κ3) is 6.01. The Labute approximate surface area is 219 Å². The Kier molecular flexibility index (Phi) is 7.54. The van der Waals surface area contributed by atoms with Gasteiger partial charge in [0.1, 0.15) is 17.3 Å². The van der Waals surface area contributed by atoms with E-state index in [4.69, 9.17) is 9.47 Å². The van der Waals surface area contributed by atoms with Crippen LogP contribution in [-0.4, -0.2) is 78.5 Å². The predicted molar refractivity (Wildman–Crippen MR) is 141 cm³/mol. The lowest BCUT2D eigenvalue weighted by Gasteiger charge is -2.31. The maximum atomic E-state index is 12.9. The summed E-state index contributed by atoms with van der Waals surface area (Å²) in [6.45, 7) is 5.43. The summed E-state index contributed by atoms with van der Waals surface area (Å²) in [6.07, 6.45) is 7.29. The second kappa shape index (κ2) is 11.2. The number of carbonyl (C=O) groups is 2. The molecule has 5 heterocycles. The number of thiophene rings is 1. The fourth-order valence-corrected chi connectivity index (χ4v) is 5.14. The smallest absolute Gasteiger partial charge is 0.326 e. The quantitative estimate of drug-likeness (QED) is 0.576. The molecule has 194 valence electrons. The molecule has 1 saturated heterocycles. The number of likely N-dealkylation sites (N-methyl/N-ethyl adjacent to an activating group) is 1. The van der Waals surface area contributed by atoms with Gasteiger partial charge in [-0.2, -0.15) is 0 Å². The molecule has 5 rings (SSSR count). The largest absolute Gasteiger partial charge is 0.493 e. The standard InChI is InChI=1S/C26H30N6O4S/c1-30-11-13-31(14-12-30)17-20-3-4-23(37-20)25(33)29-24-16-19(5-8-27-24)36-21-6-9-28-26(34)32-10-7-18(32)15-22(21)35-2/h3-5,7-8,10,15-16H,6,9,11-14,17H2,1-2H3,(H,28,34)(H,27,29,33). The molecule has 37 heavy (non-hydrogen) atoms. The summed E-state index contributed by atoms with van der Waals surface area (Å²) in [5.41, 5.74) is 0.711. The van der Waals surface area contributed by atoms with Crippen LogP contribution in [0.2, 0.25) is 0 Å². The number of pyridine rings is 1. The van der Waals surface area contributed by atoms with Gasteiger partial charge in [-0.1, -0.05) is 0 Å². The molecule has 0 atom stereocenters. The lowest BCUT2D eigenvalue weighted by Crippen LogP contribution is -2.43. The highest BCUT2D eigenvalue weighted by molar-refractivity contribution is 7.14. The molecular weight excluding hydrogens is 492 g/mol. The van der Waals surface area contributed by atoms with Crippen molar-refractivity contribution in [3.8, 4) is 5.75 Å². The Morgan fingerprint density at radius 2 is 2.05 bits per heavy atom. The first-order chi connectivity index (χ1) is 18.0. The Bertz CT molecular complexity index is 1260. The normalized spacial score (nSPS) is 18.6. The van der Waals surface area contributed by atoms with Crippen LogP contribution >= 0.6 is 11.3 Å². The number of allylic oxidation sites excluding steroid dienone is 2. The molecule has 1 fully saturated rings. The van der Waals surface area contributed by atoms with Crippen LogP contribution in [-0.2, 0) is 11.3 Å². The number of hydrogen-bond acceptors (Lipinski definition) is 8. The van der Waals surface area contributed by atoms with E-state index in [1.807, 2.05) is 18.2 Å². The Morgan fingerprint density at radius 1 is 1.22 bits per heavy atom. The van der Waals surface area contributed by atoms with Crippen molar-refractivity contribution in [2.24, 2.45) is 0 Å². The molecule has 11 heteroatoms. The van der Waals surface area contributed by atoms with E-state index in [0.717, 1.165) is 32.7 Å². The highest BCUT2D eigenvalue weighted by Gasteiger charge is 2.24. The monoisotopic (exact) mass is 522 g/mol. The predicted octanol–water partition coefficient (Wildman–Crippen LogP) is 3.21. The number of methoxy groups -OCH3 is 1. The number of urea groups is 1. The molecule has 0 bridgehead atoms. The number of hydrogen-bond donors (Lipinski definition) is 2. The minimum absolute atomic E-state index is 0.195. The minimum Gasteiger partial charge on any atom is -0.493 e. The number of piperazine rings is 1. The third-order valence-electron chi connectivity index (χ3n) is 6.37. The van der Waals surface area contributed by atoms with Crippen LogP contribution in [0.1, 0.15) is 21.0 Å². The van der Waals surface area contributed by atoms with Gasteiger partial charge in [0.25, 0.3) is 5.91 Å². The number of anilines is 1. The van der Waals surface area contributed by atoms with Crippen LogP contribution in [0, 0.1) is 0 Å². The number of carbonyl (C=O) groups excluding carboxylic acids is 2. The Balaban J connectivity index is 1.24. The number of aromatic nitrogens is 1. The molecule has 2 aromatic heterocycles. The molecule has 3 amide bonds. The van der Waals surface area contributed by atoms with Gasteiger partial charge in [0, 0.05) is 75.1 Å². The van der Waals surface area contributed by atoms with Crippen LogP contribution in [0.5, 0.6) is 5.75 Å². The van der Waals surface area contributed by atoms with Gasteiger partial charge in [-0.05, 0) is 31.3 Å². The summed E-state index contributed by atoms with van der Waals surface area (Å²) in [7, 11) is 3.70. The Morgan fingerprint density at radius 3 is 2.81 bits per heavy atom. The second-order valence-electron chi connectivity index (χ2n) is 9.01. The average Bonchev–Trinajstić information content (AvgIpc) is 3.34. The van der Waals surface area contributed by atoms with Gasteiger partial charge in [0.2, 0.25) is 0 Å². The molecular formula is C26H30N6O4S. The summed E-state index contributed by atoms with van der Waals surface area (Å²) in [4.78, 5) is 37.4. The van der Waals surface area contributed by atoms with E-state index in [9.17, 15) is 9.59 Å². The van der Waals surface area contributed by atoms with Crippen molar-refractivity contribution in [3.05, 3.63) is 75.8 Å². The summed E-state index contributed by atoms with van der Waals surface area (Å²) >= 11 is 1.50. The van der Waals surface area contributed by atoms with Crippen molar-refractivity contribution in [2.75, 3.05) is 52.2 Å². The number of ether oxygens (including phenoxy) is 2. The number of rotatable bonds is 7. The molecule has 3 aliphatic heterocycles. The Hall–Kier alpha value is -3.67. The van der Waals surface area contributed by atoms with Crippen molar-refractivity contribution in [1.82, 2.24) is 25.0 Å². The van der Waals surface area contributed by atoms with Crippen molar-refractivity contribution < 1.29 is 19.1 Å². The topological polar surface area (TPSA) is 99.3 Å². The number of nitrogens with zero attached hydrogens (tertiary/aromatic N) is 4. The fourth-order valence-electron chi connectivity index (χ4n) is 4.19. The minimum atomic E-state index is -0.206. The van der Waals surface area contributed by atoms with Crippen molar-refractivity contribution in [3.63, 3.8) is 0 Å². The van der Waals surface area contributed by atoms with Gasteiger partial charge in [0.15, 0.2) is 5.76 Å². The van der Waals surface area contributed by atoms with Crippen LogP contribution < -0.4 is 15.4 Å². The van der Waals surface area contributed by atoms with E-state index < -0.39 is 0 Å². The molecule has 0 aliphatic carbocycles. The van der Waals surface area contributed by atoms with Gasteiger partial charge >= 0.3 is 6.03 Å².